The molecule has 9 heteroatoms. The predicted molar refractivity (Wildman–Crippen MR) is 140 cm³/mol. The quantitative estimate of drug-likeness (QED) is 0.528. The zero-order valence-corrected chi connectivity index (χ0v) is 20.9. The van der Waals surface area contributed by atoms with Crippen LogP contribution < -0.4 is 15.1 Å². The van der Waals surface area contributed by atoms with Crippen LogP contribution in [-0.4, -0.2) is 50.7 Å². The van der Waals surface area contributed by atoms with Crippen LogP contribution in [-0.2, 0) is 17.6 Å². The number of anilines is 4. The average molecular weight is 487 g/mol. The first-order valence-corrected chi connectivity index (χ1v) is 13.3. The van der Waals surface area contributed by atoms with E-state index < -0.39 is 0 Å². The number of likely N-dealkylation sites (N-methyl/N-ethyl adjacent to an activating group) is 1. The summed E-state index contributed by atoms with van der Waals surface area (Å²) in [6.07, 6.45) is 14.5. The summed E-state index contributed by atoms with van der Waals surface area (Å²) >= 11 is 0. The number of hydrogen-bond acceptors (Lipinski definition) is 7. The van der Waals surface area contributed by atoms with Crippen LogP contribution in [0.5, 0.6) is 0 Å². The van der Waals surface area contributed by atoms with Gasteiger partial charge >= 0.3 is 0 Å². The molecule has 0 bridgehead atoms. The molecule has 9 nitrogen and oxygen atoms in total. The van der Waals surface area contributed by atoms with Gasteiger partial charge in [0.25, 0.3) is 0 Å². The number of aromatic amines is 1. The maximum absolute atomic E-state index is 13.5. The molecule has 3 aromatic rings. The van der Waals surface area contributed by atoms with Gasteiger partial charge in [-0.3, -0.25) is 14.9 Å². The van der Waals surface area contributed by atoms with Crippen molar-refractivity contribution in [3.63, 3.8) is 0 Å². The Balaban J connectivity index is 1.25. The van der Waals surface area contributed by atoms with Crippen molar-refractivity contribution in [3.05, 3.63) is 47.5 Å². The van der Waals surface area contributed by atoms with Crippen LogP contribution in [0.15, 0.2) is 30.6 Å². The molecule has 3 aromatic heterocycles. The number of fused-ring (bicyclic) bond motifs is 1. The van der Waals surface area contributed by atoms with Crippen LogP contribution in [0, 0.1) is 0 Å². The van der Waals surface area contributed by atoms with E-state index >= 15 is 0 Å². The Morgan fingerprint density at radius 2 is 2.00 bits per heavy atom. The third-order valence-electron chi connectivity index (χ3n) is 7.97. The highest BCUT2D eigenvalue weighted by Crippen LogP contribution is 2.35. The number of nitrogens with zero attached hydrogens (tertiary/aromatic N) is 6. The van der Waals surface area contributed by atoms with Gasteiger partial charge in [-0.2, -0.15) is 10.1 Å². The minimum absolute atomic E-state index is 0.0449. The number of carbonyl (C=O) groups is 1. The largest absolute Gasteiger partial charge is 0.329 e. The molecule has 1 saturated heterocycles. The number of hydrogen-bond donors (Lipinski definition) is 2. The van der Waals surface area contributed by atoms with E-state index in [1.54, 1.807) is 17.3 Å². The number of aromatic nitrogens is 5. The normalized spacial score (nSPS) is 19.9. The van der Waals surface area contributed by atoms with Gasteiger partial charge in [0.05, 0.1) is 17.6 Å². The predicted octanol–water partition coefficient (Wildman–Crippen LogP) is 4.51. The van der Waals surface area contributed by atoms with E-state index in [4.69, 9.17) is 9.97 Å². The summed E-state index contributed by atoms with van der Waals surface area (Å²) in [5.41, 5.74) is 4.27. The summed E-state index contributed by atoms with van der Waals surface area (Å²) in [7, 11) is 1.81. The zero-order valence-electron chi connectivity index (χ0n) is 20.9. The molecule has 2 N–H and O–H groups in total. The number of H-pyrrole nitrogens is 1. The minimum Gasteiger partial charge on any atom is -0.329 e. The van der Waals surface area contributed by atoms with Gasteiger partial charge in [-0.15, -0.1) is 0 Å². The number of amides is 1. The molecule has 6 rings (SSSR count). The second-order valence-electron chi connectivity index (χ2n) is 10.3. The van der Waals surface area contributed by atoms with E-state index in [0.29, 0.717) is 11.9 Å². The van der Waals surface area contributed by atoms with Crippen molar-refractivity contribution in [3.8, 4) is 0 Å². The molecule has 3 aliphatic rings. The molecular weight excluding hydrogens is 452 g/mol. The maximum atomic E-state index is 13.5. The van der Waals surface area contributed by atoms with Gasteiger partial charge < -0.3 is 15.1 Å². The molecule has 0 unspecified atom stereocenters. The van der Waals surface area contributed by atoms with E-state index in [-0.39, 0.29) is 11.9 Å². The van der Waals surface area contributed by atoms with Crippen LogP contribution in [0.3, 0.4) is 0 Å². The highest BCUT2D eigenvalue weighted by molar-refractivity contribution is 5.98. The maximum Gasteiger partial charge on any atom is 0.249 e. The zero-order chi connectivity index (χ0) is 24.5. The van der Waals surface area contributed by atoms with Gasteiger partial charge in [0, 0.05) is 43.0 Å². The van der Waals surface area contributed by atoms with Gasteiger partial charge in [-0.1, -0.05) is 19.3 Å². The standard InChI is InChI=1S/C27H34N8O/c1-34(19-10-6-14-28-17-19)26(36)23-13-7-15-35(23)27-29-21-12-5-11-20(21)25(31-27)30-24-16-22(32-33-24)18-8-3-2-4-9-18/h6,10,14,16-18,23H,2-5,7-9,11-13,15H2,1H3,(H2,29,30,31,32,33)/t23-/m0/s1. The van der Waals surface area contributed by atoms with Crippen molar-refractivity contribution in [2.24, 2.45) is 0 Å². The SMILES string of the molecule is CN(C(=O)[C@@H]1CCCN1c1nc2c(c(Nc3cc(C4CCCCC4)[nH]n3)n1)CCC2)c1cccnc1. The Morgan fingerprint density at radius 1 is 1.11 bits per heavy atom. The summed E-state index contributed by atoms with van der Waals surface area (Å²) in [5, 5.41) is 11.3. The fraction of sp³-hybridized carbons (Fsp3) is 0.519. The van der Waals surface area contributed by atoms with Crippen molar-refractivity contribution >= 4 is 29.2 Å². The summed E-state index contributed by atoms with van der Waals surface area (Å²) in [6, 6.07) is 5.61. The Morgan fingerprint density at radius 3 is 2.83 bits per heavy atom. The molecule has 188 valence electrons. The van der Waals surface area contributed by atoms with Crippen LogP contribution in [0.4, 0.5) is 23.3 Å². The Kier molecular flexibility index (Phi) is 6.29. The topological polar surface area (TPSA) is 103 Å². The number of rotatable bonds is 6. The Hall–Kier alpha value is -3.49. The summed E-state index contributed by atoms with van der Waals surface area (Å²) in [6.45, 7) is 0.768. The second-order valence-corrected chi connectivity index (χ2v) is 10.3. The highest BCUT2D eigenvalue weighted by Gasteiger charge is 2.36. The molecule has 1 saturated carbocycles. The number of pyridine rings is 1. The molecule has 1 atom stereocenters. The lowest BCUT2D eigenvalue weighted by molar-refractivity contribution is -0.119. The molecule has 0 radical (unpaired) electrons. The van der Waals surface area contributed by atoms with Crippen molar-refractivity contribution in [2.45, 2.75) is 76.2 Å². The number of carbonyl (C=O) groups excluding carboxylic acids is 1. The third kappa shape index (κ3) is 4.42. The molecule has 2 fully saturated rings. The minimum atomic E-state index is -0.286. The van der Waals surface area contributed by atoms with Gasteiger partial charge in [-0.25, -0.2) is 4.98 Å². The van der Waals surface area contributed by atoms with Gasteiger partial charge in [0.1, 0.15) is 11.9 Å². The fourth-order valence-corrected chi connectivity index (χ4v) is 5.96. The molecule has 0 spiro atoms. The van der Waals surface area contributed by atoms with Crippen molar-refractivity contribution in [2.75, 3.05) is 28.7 Å². The lowest BCUT2D eigenvalue weighted by Gasteiger charge is -2.28. The number of aryl methyl sites for hydroxylation is 1. The lowest BCUT2D eigenvalue weighted by Crippen LogP contribution is -2.45. The van der Waals surface area contributed by atoms with Crippen LogP contribution in [0.2, 0.25) is 0 Å². The average Bonchev–Trinajstić information content (AvgIpc) is 3.70. The highest BCUT2D eigenvalue weighted by atomic mass is 16.2. The monoisotopic (exact) mass is 486 g/mol. The lowest BCUT2D eigenvalue weighted by atomic mass is 9.87. The second kappa shape index (κ2) is 9.87. The Bertz CT molecular complexity index is 1220. The summed E-state index contributed by atoms with van der Waals surface area (Å²) in [5.74, 6) is 2.88. The Labute approximate surface area is 211 Å². The first kappa shape index (κ1) is 22.9. The van der Waals surface area contributed by atoms with Crippen molar-refractivity contribution in [1.29, 1.82) is 0 Å². The van der Waals surface area contributed by atoms with E-state index in [1.807, 2.05) is 19.2 Å². The first-order valence-electron chi connectivity index (χ1n) is 13.3. The third-order valence-corrected chi connectivity index (χ3v) is 7.97. The van der Waals surface area contributed by atoms with Crippen LogP contribution >= 0.6 is 0 Å². The fourth-order valence-electron chi connectivity index (χ4n) is 5.96. The molecular formula is C27H34N8O. The van der Waals surface area contributed by atoms with Gasteiger partial charge in [0.15, 0.2) is 5.82 Å². The van der Waals surface area contributed by atoms with E-state index in [2.05, 4.69) is 31.5 Å². The van der Waals surface area contributed by atoms with Gasteiger partial charge in [0.2, 0.25) is 11.9 Å². The van der Waals surface area contributed by atoms with Crippen molar-refractivity contribution < 1.29 is 4.79 Å². The van der Waals surface area contributed by atoms with Gasteiger partial charge in [-0.05, 0) is 57.1 Å². The number of nitrogens with one attached hydrogen (secondary N) is 2. The van der Waals surface area contributed by atoms with E-state index in [0.717, 1.165) is 61.7 Å². The molecule has 1 aliphatic heterocycles. The first-order chi connectivity index (χ1) is 17.7. The van der Waals surface area contributed by atoms with E-state index in [1.165, 1.54) is 43.4 Å². The molecule has 2 aliphatic carbocycles. The van der Waals surface area contributed by atoms with Crippen LogP contribution in [0.1, 0.15) is 74.2 Å². The van der Waals surface area contributed by atoms with E-state index in [9.17, 15) is 4.79 Å². The van der Waals surface area contributed by atoms with Crippen molar-refractivity contribution in [1.82, 2.24) is 25.1 Å². The summed E-state index contributed by atoms with van der Waals surface area (Å²) < 4.78 is 0. The summed E-state index contributed by atoms with van der Waals surface area (Å²) in [4.78, 5) is 31.3. The van der Waals surface area contributed by atoms with Crippen LogP contribution in [0.25, 0.3) is 0 Å². The molecule has 0 aromatic carbocycles. The molecule has 36 heavy (non-hydrogen) atoms. The molecule has 4 heterocycles. The molecule has 1 amide bonds. The smallest absolute Gasteiger partial charge is 0.249 e.